The van der Waals surface area contributed by atoms with Gasteiger partial charge in [-0.2, -0.15) is 5.10 Å². The number of ether oxygens (including phenoxy) is 1. The molecule has 3 aromatic rings. The van der Waals surface area contributed by atoms with Crippen LogP contribution in [0.25, 0.3) is 0 Å². The van der Waals surface area contributed by atoms with Gasteiger partial charge in [-0.15, -0.1) is 0 Å². The molecule has 0 atom stereocenters. The van der Waals surface area contributed by atoms with Crippen LogP contribution in [-0.2, 0) is 4.79 Å². The summed E-state index contributed by atoms with van der Waals surface area (Å²) in [6, 6.07) is 21.2. The van der Waals surface area contributed by atoms with Gasteiger partial charge in [0.2, 0.25) is 0 Å². The van der Waals surface area contributed by atoms with E-state index in [1.54, 1.807) is 42.5 Å². The van der Waals surface area contributed by atoms with Gasteiger partial charge >= 0.3 is 0 Å². The normalized spacial score (nSPS) is 10.6. The molecular weight excluding hydrogens is 402 g/mol. The molecule has 0 fully saturated rings. The topological polar surface area (TPSA) is 79.8 Å². The Bertz CT molecular complexity index is 1050. The zero-order valence-corrected chi connectivity index (χ0v) is 17.0. The zero-order chi connectivity index (χ0) is 21.3. The lowest BCUT2D eigenvalue weighted by Gasteiger charge is -2.10. The van der Waals surface area contributed by atoms with Crippen molar-refractivity contribution in [2.75, 3.05) is 11.9 Å². The maximum atomic E-state index is 12.2. The van der Waals surface area contributed by atoms with Gasteiger partial charge in [-0.3, -0.25) is 9.59 Å². The fraction of sp³-hybridized carbons (Fsp3) is 0.0870. The van der Waals surface area contributed by atoms with Gasteiger partial charge in [0.05, 0.1) is 6.21 Å². The van der Waals surface area contributed by atoms with Crippen molar-refractivity contribution < 1.29 is 14.3 Å². The molecule has 7 heteroatoms. The average Bonchev–Trinajstić information content (AvgIpc) is 2.74. The first kappa shape index (κ1) is 21.1. The monoisotopic (exact) mass is 421 g/mol. The van der Waals surface area contributed by atoms with E-state index in [4.69, 9.17) is 16.3 Å². The maximum Gasteiger partial charge on any atom is 0.271 e. The number of anilines is 1. The van der Waals surface area contributed by atoms with Crippen LogP contribution < -0.4 is 15.5 Å². The van der Waals surface area contributed by atoms with Crippen LogP contribution in [0.3, 0.4) is 0 Å². The lowest BCUT2D eigenvalue weighted by Crippen LogP contribution is -2.20. The Kier molecular flexibility index (Phi) is 7.19. The minimum Gasteiger partial charge on any atom is -0.483 e. The summed E-state index contributed by atoms with van der Waals surface area (Å²) in [5.74, 6) is -0.222. The molecular formula is C23H20ClN3O3. The summed E-state index contributed by atoms with van der Waals surface area (Å²) < 4.78 is 5.61. The smallest absolute Gasteiger partial charge is 0.271 e. The van der Waals surface area contributed by atoms with Gasteiger partial charge in [0.25, 0.3) is 11.8 Å². The fourth-order valence-corrected chi connectivity index (χ4v) is 2.72. The van der Waals surface area contributed by atoms with Crippen molar-refractivity contribution in [3.05, 3.63) is 94.5 Å². The summed E-state index contributed by atoms with van der Waals surface area (Å²) in [4.78, 5) is 24.2. The fourth-order valence-electron chi connectivity index (χ4n) is 2.54. The Morgan fingerprint density at radius 1 is 1.03 bits per heavy atom. The second-order valence-corrected chi connectivity index (χ2v) is 6.89. The van der Waals surface area contributed by atoms with Gasteiger partial charge in [-0.05, 0) is 49.4 Å². The van der Waals surface area contributed by atoms with Gasteiger partial charge < -0.3 is 10.1 Å². The molecule has 30 heavy (non-hydrogen) atoms. The first-order valence-corrected chi connectivity index (χ1v) is 9.56. The zero-order valence-electron chi connectivity index (χ0n) is 16.3. The second-order valence-electron chi connectivity index (χ2n) is 6.45. The van der Waals surface area contributed by atoms with Gasteiger partial charge in [-0.1, -0.05) is 47.5 Å². The molecule has 2 N–H and O–H groups in total. The Morgan fingerprint density at radius 2 is 1.77 bits per heavy atom. The number of rotatable bonds is 7. The molecule has 3 rings (SSSR count). The van der Waals surface area contributed by atoms with E-state index < -0.39 is 0 Å². The Hall–Kier alpha value is -3.64. The number of benzene rings is 3. The average molecular weight is 422 g/mol. The maximum absolute atomic E-state index is 12.2. The summed E-state index contributed by atoms with van der Waals surface area (Å²) >= 11 is 6.06. The van der Waals surface area contributed by atoms with Crippen molar-refractivity contribution in [1.29, 1.82) is 0 Å². The molecule has 2 amide bonds. The van der Waals surface area contributed by atoms with Crippen molar-refractivity contribution in [2.45, 2.75) is 6.92 Å². The Morgan fingerprint density at radius 3 is 2.50 bits per heavy atom. The number of para-hydroxylation sites is 1. The number of hydrogen-bond donors (Lipinski definition) is 2. The van der Waals surface area contributed by atoms with Gasteiger partial charge in [0, 0.05) is 21.8 Å². The largest absolute Gasteiger partial charge is 0.483 e. The molecule has 0 saturated carbocycles. The third-order valence-electron chi connectivity index (χ3n) is 4.07. The summed E-state index contributed by atoms with van der Waals surface area (Å²) in [6.45, 7) is 1.76. The van der Waals surface area contributed by atoms with Gasteiger partial charge in [-0.25, -0.2) is 5.43 Å². The first-order valence-electron chi connectivity index (χ1n) is 9.18. The molecule has 3 aromatic carbocycles. The molecule has 152 valence electrons. The molecule has 0 spiro atoms. The van der Waals surface area contributed by atoms with E-state index in [1.807, 2.05) is 37.3 Å². The molecule has 6 nitrogen and oxygen atoms in total. The van der Waals surface area contributed by atoms with Crippen LogP contribution >= 0.6 is 11.6 Å². The molecule has 0 aliphatic carbocycles. The molecule has 0 bridgehead atoms. The summed E-state index contributed by atoms with van der Waals surface area (Å²) in [5.41, 5.74) is 5.23. The third-order valence-corrected chi connectivity index (χ3v) is 4.31. The predicted molar refractivity (Wildman–Crippen MR) is 118 cm³/mol. The number of carbonyl (C=O) groups excluding carboxylic acids is 2. The minimum absolute atomic E-state index is 0.187. The van der Waals surface area contributed by atoms with Crippen molar-refractivity contribution >= 4 is 35.3 Å². The summed E-state index contributed by atoms with van der Waals surface area (Å²) in [5, 5.41) is 7.19. The Balaban J connectivity index is 1.61. The van der Waals surface area contributed by atoms with E-state index in [9.17, 15) is 9.59 Å². The molecule has 0 radical (unpaired) electrons. The SMILES string of the molecule is Cc1ccc(C(=O)N/N=C/c2cc(Cl)ccc2OCC(=O)Nc2ccccc2)cc1. The number of nitrogens with zero attached hydrogens (tertiary/aromatic N) is 1. The van der Waals surface area contributed by atoms with Crippen LogP contribution in [0.2, 0.25) is 5.02 Å². The molecule has 0 saturated heterocycles. The van der Waals surface area contributed by atoms with Crippen LogP contribution in [-0.4, -0.2) is 24.6 Å². The highest BCUT2D eigenvalue weighted by molar-refractivity contribution is 6.30. The minimum atomic E-state index is -0.335. The second kappa shape index (κ2) is 10.2. The third kappa shape index (κ3) is 6.18. The van der Waals surface area contributed by atoms with E-state index in [1.165, 1.54) is 6.21 Å². The van der Waals surface area contributed by atoms with E-state index in [0.717, 1.165) is 5.56 Å². The number of aryl methyl sites for hydroxylation is 1. The number of hydrazone groups is 1. The highest BCUT2D eigenvalue weighted by Gasteiger charge is 2.08. The van der Waals surface area contributed by atoms with Crippen molar-refractivity contribution in [3.63, 3.8) is 0 Å². The number of carbonyl (C=O) groups is 2. The van der Waals surface area contributed by atoms with E-state index >= 15 is 0 Å². The van der Waals surface area contributed by atoms with Crippen molar-refractivity contribution in [1.82, 2.24) is 5.43 Å². The van der Waals surface area contributed by atoms with Crippen molar-refractivity contribution in [3.8, 4) is 5.75 Å². The number of nitrogens with one attached hydrogen (secondary N) is 2. The van der Waals surface area contributed by atoms with Gasteiger partial charge in [0.15, 0.2) is 6.61 Å². The van der Waals surface area contributed by atoms with E-state index in [2.05, 4.69) is 15.8 Å². The Labute approximate surface area is 179 Å². The van der Waals surface area contributed by atoms with Crippen molar-refractivity contribution in [2.24, 2.45) is 5.10 Å². The predicted octanol–water partition coefficient (Wildman–Crippen LogP) is 4.43. The first-order chi connectivity index (χ1) is 14.5. The molecule has 0 aliphatic heterocycles. The lowest BCUT2D eigenvalue weighted by atomic mass is 10.1. The molecule has 0 heterocycles. The van der Waals surface area contributed by atoms with Gasteiger partial charge in [0.1, 0.15) is 5.75 Å². The highest BCUT2D eigenvalue weighted by atomic mass is 35.5. The quantitative estimate of drug-likeness (QED) is 0.437. The standard InChI is InChI=1S/C23H20ClN3O3/c1-16-7-9-17(10-8-16)23(29)27-25-14-18-13-19(24)11-12-21(18)30-15-22(28)26-20-5-3-2-4-6-20/h2-14H,15H2,1H3,(H,26,28)(H,27,29)/b25-14+. The summed E-state index contributed by atoms with van der Waals surface area (Å²) in [7, 11) is 0. The molecule has 0 aliphatic rings. The number of halogens is 1. The lowest BCUT2D eigenvalue weighted by molar-refractivity contribution is -0.118. The highest BCUT2D eigenvalue weighted by Crippen LogP contribution is 2.21. The van der Waals surface area contributed by atoms with Crippen LogP contribution in [0.4, 0.5) is 5.69 Å². The molecule has 0 unspecified atom stereocenters. The van der Waals surface area contributed by atoms with Crippen LogP contribution in [0.15, 0.2) is 77.9 Å². The van der Waals surface area contributed by atoms with Crippen LogP contribution in [0, 0.1) is 6.92 Å². The summed E-state index contributed by atoms with van der Waals surface area (Å²) in [6.07, 6.45) is 1.42. The van der Waals surface area contributed by atoms with E-state index in [-0.39, 0.29) is 18.4 Å². The molecule has 0 aromatic heterocycles. The van der Waals surface area contributed by atoms with Crippen LogP contribution in [0.5, 0.6) is 5.75 Å². The number of hydrogen-bond acceptors (Lipinski definition) is 4. The van der Waals surface area contributed by atoms with E-state index in [0.29, 0.717) is 27.6 Å². The number of amides is 2. The van der Waals surface area contributed by atoms with Crippen LogP contribution in [0.1, 0.15) is 21.5 Å².